The van der Waals surface area contributed by atoms with E-state index in [4.69, 9.17) is 0 Å². The van der Waals surface area contributed by atoms with Crippen LogP contribution >= 0.6 is 11.8 Å². The van der Waals surface area contributed by atoms with Crippen molar-refractivity contribution in [2.24, 2.45) is 5.92 Å². The van der Waals surface area contributed by atoms with E-state index in [1.165, 1.54) is 25.0 Å². The number of nitrogens with one attached hydrogen (secondary N) is 1. The highest BCUT2D eigenvalue weighted by Crippen LogP contribution is 2.14. The normalized spacial score (nSPS) is 16.0. The Morgan fingerprint density at radius 1 is 1.42 bits per heavy atom. The van der Waals surface area contributed by atoms with E-state index in [1.807, 2.05) is 11.8 Å². The first-order chi connectivity index (χ1) is 5.76. The molecule has 0 saturated heterocycles. The van der Waals surface area contributed by atoms with Crippen LogP contribution < -0.4 is 5.32 Å². The van der Waals surface area contributed by atoms with Crippen molar-refractivity contribution in [2.45, 2.75) is 39.2 Å². The molecule has 0 aliphatic rings. The molecule has 1 N–H and O–H groups in total. The fourth-order valence-corrected chi connectivity index (χ4v) is 2.10. The van der Waals surface area contributed by atoms with Crippen molar-refractivity contribution in [3.8, 4) is 0 Å². The monoisotopic (exact) mass is 189 g/mol. The van der Waals surface area contributed by atoms with E-state index in [0.717, 1.165) is 5.92 Å². The van der Waals surface area contributed by atoms with Crippen LogP contribution in [0.25, 0.3) is 0 Å². The Labute approximate surface area is 81.7 Å². The lowest BCUT2D eigenvalue weighted by atomic mass is 9.95. The number of hydrogen-bond acceptors (Lipinski definition) is 2. The average Bonchev–Trinajstić information content (AvgIpc) is 2.07. The van der Waals surface area contributed by atoms with Crippen LogP contribution in [0.5, 0.6) is 0 Å². The summed E-state index contributed by atoms with van der Waals surface area (Å²) in [6.07, 6.45) is 6.15. The van der Waals surface area contributed by atoms with Crippen molar-refractivity contribution in [3.63, 3.8) is 0 Å². The number of thioether (sulfide) groups is 1. The molecule has 0 aliphatic heterocycles. The van der Waals surface area contributed by atoms with Gasteiger partial charge >= 0.3 is 0 Å². The largest absolute Gasteiger partial charge is 0.317 e. The fourth-order valence-electron chi connectivity index (χ4n) is 1.64. The molecule has 0 spiro atoms. The van der Waals surface area contributed by atoms with Gasteiger partial charge in [0.2, 0.25) is 0 Å². The molecule has 0 heterocycles. The molecular weight excluding hydrogens is 166 g/mol. The molecule has 2 heteroatoms. The summed E-state index contributed by atoms with van der Waals surface area (Å²) in [6.45, 7) is 4.61. The van der Waals surface area contributed by atoms with Crippen LogP contribution in [0, 0.1) is 5.92 Å². The van der Waals surface area contributed by atoms with Crippen molar-refractivity contribution in [3.05, 3.63) is 0 Å². The van der Waals surface area contributed by atoms with Crippen LogP contribution in [-0.4, -0.2) is 25.1 Å². The maximum absolute atomic E-state index is 3.37. The van der Waals surface area contributed by atoms with Crippen LogP contribution in [0.3, 0.4) is 0 Å². The van der Waals surface area contributed by atoms with Crippen LogP contribution in [0.15, 0.2) is 0 Å². The van der Waals surface area contributed by atoms with E-state index < -0.39 is 0 Å². The molecular formula is C10H23NS. The zero-order chi connectivity index (χ0) is 9.40. The van der Waals surface area contributed by atoms with Crippen LogP contribution in [-0.2, 0) is 0 Å². The van der Waals surface area contributed by atoms with E-state index in [1.54, 1.807) is 0 Å². The zero-order valence-corrected chi connectivity index (χ0v) is 9.71. The Balaban J connectivity index is 3.47. The highest BCUT2D eigenvalue weighted by atomic mass is 32.2. The molecule has 0 rings (SSSR count). The van der Waals surface area contributed by atoms with E-state index in [2.05, 4.69) is 32.5 Å². The van der Waals surface area contributed by atoms with Gasteiger partial charge in [-0.1, -0.05) is 13.8 Å². The summed E-state index contributed by atoms with van der Waals surface area (Å²) in [5, 5.41) is 3.37. The van der Waals surface area contributed by atoms with Gasteiger partial charge in [-0.05, 0) is 44.2 Å². The quantitative estimate of drug-likeness (QED) is 0.618. The van der Waals surface area contributed by atoms with Gasteiger partial charge in [0.05, 0.1) is 0 Å². The van der Waals surface area contributed by atoms with Gasteiger partial charge in [-0.25, -0.2) is 0 Å². The van der Waals surface area contributed by atoms with Gasteiger partial charge in [0.25, 0.3) is 0 Å². The third-order valence-electron chi connectivity index (χ3n) is 2.51. The maximum atomic E-state index is 3.37. The highest BCUT2D eigenvalue weighted by molar-refractivity contribution is 7.98. The van der Waals surface area contributed by atoms with Crippen molar-refractivity contribution in [1.82, 2.24) is 5.32 Å². The summed E-state index contributed by atoms with van der Waals surface area (Å²) in [7, 11) is 2.07. The van der Waals surface area contributed by atoms with Crippen molar-refractivity contribution in [2.75, 3.05) is 19.1 Å². The third-order valence-corrected chi connectivity index (χ3v) is 3.20. The lowest BCUT2D eigenvalue weighted by Gasteiger charge is -2.21. The van der Waals surface area contributed by atoms with E-state index >= 15 is 0 Å². The number of rotatable bonds is 7. The molecule has 0 aromatic heterocycles. The van der Waals surface area contributed by atoms with Crippen LogP contribution in [0.2, 0.25) is 0 Å². The summed E-state index contributed by atoms with van der Waals surface area (Å²) in [6, 6.07) is 0.715. The van der Waals surface area contributed by atoms with Crippen LogP contribution in [0.4, 0.5) is 0 Å². The Bertz CT molecular complexity index is 91.8. The maximum Gasteiger partial charge on any atom is 0.00870 e. The fraction of sp³-hybridized carbons (Fsp3) is 1.00. The van der Waals surface area contributed by atoms with E-state index in [-0.39, 0.29) is 0 Å². The molecule has 2 unspecified atom stereocenters. The topological polar surface area (TPSA) is 12.0 Å². The van der Waals surface area contributed by atoms with Gasteiger partial charge in [-0.2, -0.15) is 11.8 Å². The first-order valence-electron chi connectivity index (χ1n) is 4.92. The molecule has 0 aliphatic carbocycles. The minimum Gasteiger partial charge on any atom is -0.317 e. The highest BCUT2D eigenvalue weighted by Gasteiger charge is 2.11. The van der Waals surface area contributed by atoms with Gasteiger partial charge in [-0.3, -0.25) is 0 Å². The Morgan fingerprint density at radius 3 is 2.50 bits per heavy atom. The summed E-state index contributed by atoms with van der Waals surface area (Å²) in [5.74, 6) is 2.14. The Hall–Kier alpha value is 0.310. The number of hydrogen-bond donors (Lipinski definition) is 1. The smallest absolute Gasteiger partial charge is 0.00870 e. The zero-order valence-electron chi connectivity index (χ0n) is 8.89. The minimum atomic E-state index is 0.715. The summed E-state index contributed by atoms with van der Waals surface area (Å²) >= 11 is 1.95. The molecule has 2 atom stereocenters. The molecule has 0 bridgehead atoms. The molecule has 0 aromatic rings. The molecule has 0 fully saturated rings. The summed E-state index contributed by atoms with van der Waals surface area (Å²) in [4.78, 5) is 0. The van der Waals surface area contributed by atoms with Gasteiger partial charge in [0.1, 0.15) is 0 Å². The van der Waals surface area contributed by atoms with Crippen molar-refractivity contribution in [1.29, 1.82) is 0 Å². The van der Waals surface area contributed by atoms with Crippen molar-refractivity contribution >= 4 is 11.8 Å². The molecule has 1 nitrogen and oxygen atoms in total. The van der Waals surface area contributed by atoms with E-state index in [0.29, 0.717) is 6.04 Å². The minimum absolute atomic E-state index is 0.715. The van der Waals surface area contributed by atoms with Gasteiger partial charge in [0, 0.05) is 6.04 Å². The molecule has 0 amide bonds. The Morgan fingerprint density at radius 2 is 2.08 bits per heavy atom. The molecule has 0 saturated carbocycles. The standard InChI is InChI=1S/C10H23NS/c1-5-10(11-3)9(2)7-6-8-12-4/h9-11H,5-8H2,1-4H3. The van der Waals surface area contributed by atoms with Gasteiger partial charge < -0.3 is 5.32 Å². The predicted octanol–water partition coefficient (Wildman–Crippen LogP) is 2.76. The van der Waals surface area contributed by atoms with Crippen molar-refractivity contribution < 1.29 is 0 Å². The third kappa shape index (κ3) is 5.04. The van der Waals surface area contributed by atoms with Gasteiger partial charge in [0.15, 0.2) is 0 Å². The second-order valence-corrected chi connectivity index (χ2v) is 4.40. The molecule has 12 heavy (non-hydrogen) atoms. The second-order valence-electron chi connectivity index (χ2n) is 3.42. The lowest BCUT2D eigenvalue weighted by Crippen LogP contribution is -2.31. The van der Waals surface area contributed by atoms with E-state index in [9.17, 15) is 0 Å². The summed E-state index contributed by atoms with van der Waals surface area (Å²) < 4.78 is 0. The first kappa shape index (κ1) is 12.3. The molecule has 74 valence electrons. The second kappa shape index (κ2) is 7.93. The molecule has 0 aromatic carbocycles. The summed E-state index contributed by atoms with van der Waals surface area (Å²) in [5.41, 5.74) is 0. The predicted molar refractivity (Wildman–Crippen MR) is 59.9 cm³/mol. The lowest BCUT2D eigenvalue weighted by molar-refractivity contribution is 0.366. The Kier molecular flexibility index (Phi) is 8.14. The van der Waals surface area contributed by atoms with Gasteiger partial charge in [-0.15, -0.1) is 0 Å². The SMILES string of the molecule is CCC(NC)C(C)CCCSC. The van der Waals surface area contributed by atoms with Crippen LogP contribution in [0.1, 0.15) is 33.1 Å². The average molecular weight is 189 g/mol. The molecule has 0 radical (unpaired) electrons. The first-order valence-corrected chi connectivity index (χ1v) is 6.31.